The predicted molar refractivity (Wildman–Crippen MR) is 79.7 cm³/mol. The minimum Gasteiger partial charge on any atom is -0.487 e. The Bertz CT molecular complexity index is 645. The van der Waals surface area contributed by atoms with Gasteiger partial charge in [-0.05, 0) is 23.8 Å². The Balaban J connectivity index is 2.13. The first kappa shape index (κ1) is 14.5. The molecule has 0 atom stereocenters. The number of hydrogen-bond acceptors (Lipinski definition) is 3. The van der Waals surface area contributed by atoms with Gasteiger partial charge in [0.25, 0.3) is 0 Å². The van der Waals surface area contributed by atoms with Crippen molar-refractivity contribution >= 4 is 29.0 Å². The van der Waals surface area contributed by atoms with E-state index in [1.54, 1.807) is 36.4 Å². The van der Waals surface area contributed by atoms with Gasteiger partial charge in [-0.2, -0.15) is 0 Å². The number of ether oxygens (including phenoxy) is 1. The highest BCUT2D eigenvalue weighted by Gasteiger charge is 2.06. The first-order chi connectivity index (χ1) is 9.61. The molecule has 104 valence electrons. The van der Waals surface area contributed by atoms with Gasteiger partial charge in [-0.1, -0.05) is 52.6 Å². The van der Waals surface area contributed by atoms with Crippen molar-refractivity contribution < 1.29 is 9.94 Å². The fourth-order valence-corrected chi connectivity index (χ4v) is 1.98. The minimum atomic E-state index is 0.0487. The Morgan fingerprint density at radius 2 is 1.95 bits per heavy atom. The molecule has 0 bridgehead atoms. The summed E-state index contributed by atoms with van der Waals surface area (Å²) in [6.07, 6.45) is 0. The van der Waals surface area contributed by atoms with Crippen LogP contribution in [0.15, 0.2) is 47.6 Å². The Hall–Kier alpha value is -1.91. The molecule has 0 saturated heterocycles. The zero-order chi connectivity index (χ0) is 14.5. The summed E-state index contributed by atoms with van der Waals surface area (Å²) in [6.45, 7) is 0.298. The van der Waals surface area contributed by atoms with E-state index in [-0.39, 0.29) is 5.84 Å². The topological polar surface area (TPSA) is 67.8 Å². The average molecular weight is 311 g/mol. The minimum absolute atomic E-state index is 0.0487. The number of oxime groups is 1. The monoisotopic (exact) mass is 310 g/mol. The second-order valence-electron chi connectivity index (χ2n) is 4.03. The molecule has 3 N–H and O–H groups in total. The maximum absolute atomic E-state index is 8.65. The summed E-state index contributed by atoms with van der Waals surface area (Å²) in [5.41, 5.74) is 7.02. The largest absolute Gasteiger partial charge is 0.487 e. The van der Waals surface area contributed by atoms with Gasteiger partial charge in [0.15, 0.2) is 5.84 Å². The molecule has 2 aromatic rings. The molecular weight excluding hydrogens is 299 g/mol. The van der Waals surface area contributed by atoms with E-state index in [1.807, 2.05) is 6.07 Å². The lowest BCUT2D eigenvalue weighted by Crippen LogP contribution is -2.13. The van der Waals surface area contributed by atoms with E-state index in [2.05, 4.69) is 5.16 Å². The third-order valence-corrected chi connectivity index (χ3v) is 3.44. The van der Waals surface area contributed by atoms with E-state index in [4.69, 9.17) is 38.9 Å². The number of nitrogens with two attached hydrogens (primary N) is 1. The van der Waals surface area contributed by atoms with Crippen LogP contribution in [0.1, 0.15) is 11.1 Å². The predicted octanol–water partition coefficient (Wildman–Crippen LogP) is 3.67. The van der Waals surface area contributed by atoms with Crippen LogP contribution in [0.4, 0.5) is 0 Å². The molecule has 4 nitrogen and oxygen atoms in total. The first-order valence-corrected chi connectivity index (χ1v) is 6.51. The van der Waals surface area contributed by atoms with Gasteiger partial charge >= 0.3 is 0 Å². The van der Waals surface area contributed by atoms with Gasteiger partial charge < -0.3 is 15.7 Å². The van der Waals surface area contributed by atoms with Crippen LogP contribution in [0.3, 0.4) is 0 Å². The van der Waals surface area contributed by atoms with Gasteiger partial charge in [-0.25, -0.2) is 0 Å². The zero-order valence-electron chi connectivity index (χ0n) is 10.4. The number of nitrogens with zero attached hydrogens (tertiary/aromatic N) is 1. The van der Waals surface area contributed by atoms with Gasteiger partial charge in [0.1, 0.15) is 17.4 Å². The highest BCUT2D eigenvalue weighted by atomic mass is 35.5. The highest BCUT2D eigenvalue weighted by molar-refractivity contribution is 6.42. The quantitative estimate of drug-likeness (QED) is 0.392. The number of hydrogen-bond donors (Lipinski definition) is 2. The van der Waals surface area contributed by atoms with Crippen molar-refractivity contribution in [3.05, 3.63) is 63.6 Å². The van der Waals surface area contributed by atoms with Crippen LogP contribution in [-0.4, -0.2) is 11.0 Å². The third kappa shape index (κ3) is 3.35. The molecule has 0 spiro atoms. The van der Waals surface area contributed by atoms with E-state index in [9.17, 15) is 0 Å². The molecule has 20 heavy (non-hydrogen) atoms. The Kier molecular flexibility index (Phi) is 4.71. The SMILES string of the molecule is N/C(=N\O)c1cccc(COc2cccc(Cl)c2Cl)c1. The molecule has 0 amide bonds. The number of halogens is 2. The second kappa shape index (κ2) is 6.50. The number of amidine groups is 1. The van der Waals surface area contributed by atoms with E-state index in [0.29, 0.717) is 28.0 Å². The molecule has 0 fully saturated rings. The fourth-order valence-electron chi connectivity index (χ4n) is 1.63. The smallest absolute Gasteiger partial charge is 0.170 e. The summed E-state index contributed by atoms with van der Waals surface area (Å²) >= 11 is 11.9. The molecule has 0 aliphatic rings. The van der Waals surface area contributed by atoms with Crippen LogP contribution in [-0.2, 0) is 6.61 Å². The van der Waals surface area contributed by atoms with Gasteiger partial charge in [0, 0.05) is 5.56 Å². The summed E-state index contributed by atoms with van der Waals surface area (Å²) in [6, 6.07) is 12.4. The molecule has 2 rings (SSSR count). The Morgan fingerprint density at radius 3 is 2.70 bits per heavy atom. The van der Waals surface area contributed by atoms with Crippen molar-refractivity contribution in [3.8, 4) is 5.75 Å². The molecule has 0 saturated carbocycles. The van der Waals surface area contributed by atoms with Crippen molar-refractivity contribution in [1.82, 2.24) is 0 Å². The van der Waals surface area contributed by atoms with Crippen molar-refractivity contribution in [3.63, 3.8) is 0 Å². The van der Waals surface area contributed by atoms with E-state index in [1.165, 1.54) is 0 Å². The summed E-state index contributed by atoms with van der Waals surface area (Å²) in [5.74, 6) is 0.556. The second-order valence-corrected chi connectivity index (χ2v) is 4.81. The van der Waals surface area contributed by atoms with Crippen LogP contribution in [0.5, 0.6) is 5.75 Å². The standard InChI is InChI=1S/C14H12Cl2N2O2/c15-11-5-2-6-12(13(11)16)20-8-9-3-1-4-10(7-9)14(17)18-19/h1-7,19H,8H2,(H2,17,18). The molecule has 6 heteroatoms. The normalized spacial score (nSPS) is 11.4. The van der Waals surface area contributed by atoms with Gasteiger partial charge in [0.2, 0.25) is 0 Å². The summed E-state index contributed by atoms with van der Waals surface area (Å²) in [4.78, 5) is 0. The highest BCUT2D eigenvalue weighted by Crippen LogP contribution is 2.31. The van der Waals surface area contributed by atoms with Crippen molar-refractivity contribution in [2.75, 3.05) is 0 Å². The third-order valence-electron chi connectivity index (χ3n) is 2.64. The van der Waals surface area contributed by atoms with Crippen LogP contribution in [0, 0.1) is 0 Å². The van der Waals surface area contributed by atoms with Gasteiger partial charge in [0.05, 0.1) is 5.02 Å². The lowest BCUT2D eigenvalue weighted by molar-refractivity contribution is 0.306. The summed E-state index contributed by atoms with van der Waals surface area (Å²) in [7, 11) is 0. The molecule has 0 heterocycles. The molecule has 0 aliphatic heterocycles. The maximum atomic E-state index is 8.65. The molecule has 0 aliphatic carbocycles. The van der Waals surface area contributed by atoms with Crippen LogP contribution in [0.25, 0.3) is 0 Å². The van der Waals surface area contributed by atoms with Crippen LogP contribution < -0.4 is 10.5 Å². The Labute approximate surface area is 126 Å². The van der Waals surface area contributed by atoms with E-state index < -0.39 is 0 Å². The Morgan fingerprint density at radius 1 is 1.20 bits per heavy atom. The summed E-state index contributed by atoms with van der Waals surface area (Å²) in [5, 5.41) is 12.4. The average Bonchev–Trinajstić information content (AvgIpc) is 2.48. The van der Waals surface area contributed by atoms with Crippen molar-refractivity contribution in [1.29, 1.82) is 0 Å². The molecule has 2 aromatic carbocycles. The van der Waals surface area contributed by atoms with Crippen LogP contribution in [0.2, 0.25) is 10.0 Å². The first-order valence-electron chi connectivity index (χ1n) is 5.75. The van der Waals surface area contributed by atoms with Crippen molar-refractivity contribution in [2.24, 2.45) is 10.9 Å². The maximum Gasteiger partial charge on any atom is 0.170 e. The van der Waals surface area contributed by atoms with Crippen LogP contribution >= 0.6 is 23.2 Å². The van der Waals surface area contributed by atoms with E-state index >= 15 is 0 Å². The molecule has 0 radical (unpaired) electrons. The molecule has 0 unspecified atom stereocenters. The lowest BCUT2D eigenvalue weighted by Gasteiger charge is -2.09. The van der Waals surface area contributed by atoms with Crippen molar-refractivity contribution in [2.45, 2.75) is 6.61 Å². The molecule has 0 aromatic heterocycles. The number of rotatable bonds is 4. The number of benzene rings is 2. The van der Waals surface area contributed by atoms with Gasteiger partial charge in [-0.3, -0.25) is 0 Å². The van der Waals surface area contributed by atoms with Gasteiger partial charge in [-0.15, -0.1) is 0 Å². The zero-order valence-corrected chi connectivity index (χ0v) is 11.9. The molecular formula is C14H12Cl2N2O2. The lowest BCUT2D eigenvalue weighted by atomic mass is 10.1. The fraction of sp³-hybridized carbons (Fsp3) is 0.0714. The summed E-state index contributed by atoms with van der Waals surface area (Å²) < 4.78 is 5.61. The van der Waals surface area contributed by atoms with E-state index in [0.717, 1.165) is 5.56 Å².